The van der Waals surface area contributed by atoms with Gasteiger partial charge >= 0.3 is 0 Å². The Morgan fingerprint density at radius 3 is 2.50 bits per heavy atom. The van der Waals surface area contributed by atoms with Crippen molar-refractivity contribution in [3.05, 3.63) is 48.0 Å². The molecule has 8 nitrogen and oxygen atoms in total. The first-order valence-electron chi connectivity index (χ1n) is 8.81. The number of hydrogen-bond acceptors (Lipinski definition) is 6. The summed E-state index contributed by atoms with van der Waals surface area (Å²) in [4.78, 5) is 25.9. The number of hydrogen-bond donors (Lipinski definition) is 2. The lowest BCUT2D eigenvalue weighted by Crippen LogP contribution is -2.38. The Kier molecular flexibility index (Phi) is 6.33. The quantitative estimate of drug-likeness (QED) is 0.718. The van der Waals surface area contributed by atoms with Crippen molar-refractivity contribution in [2.24, 2.45) is 0 Å². The van der Waals surface area contributed by atoms with Gasteiger partial charge in [0.1, 0.15) is 5.75 Å². The maximum Gasteiger partial charge on any atom is 0.238 e. The number of anilines is 1. The molecule has 2 N–H and O–H groups in total. The molecule has 2 aromatic carbocycles. The number of nitrogens with one attached hydrogen (secondary N) is 2. The van der Waals surface area contributed by atoms with Gasteiger partial charge in [-0.3, -0.25) is 14.5 Å². The van der Waals surface area contributed by atoms with Crippen molar-refractivity contribution in [1.82, 2.24) is 10.2 Å². The Balaban J connectivity index is 1.40. The molecule has 8 heteroatoms. The molecule has 0 atom stereocenters. The fourth-order valence-corrected chi connectivity index (χ4v) is 2.73. The van der Waals surface area contributed by atoms with Gasteiger partial charge in [0, 0.05) is 12.2 Å². The van der Waals surface area contributed by atoms with Gasteiger partial charge in [-0.05, 0) is 49.0 Å². The summed E-state index contributed by atoms with van der Waals surface area (Å²) in [6.07, 6.45) is 0. The van der Waals surface area contributed by atoms with E-state index in [4.69, 9.17) is 14.2 Å². The Labute approximate surface area is 163 Å². The summed E-state index contributed by atoms with van der Waals surface area (Å²) >= 11 is 0. The van der Waals surface area contributed by atoms with E-state index < -0.39 is 0 Å². The van der Waals surface area contributed by atoms with Crippen LogP contribution in [-0.4, -0.2) is 50.8 Å². The molecule has 0 radical (unpaired) electrons. The Morgan fingerprint density at radius 1 is 1.04 bits per heavy atom. The average Bonchev–Trinajstić information content (AvgIpc) is 3.14. The number of rotatable bonds is 8. The van der Waals surface area contributed by atoms with Crippen molar-refractivity contribution < 1.29 is 23.8 Å². The molecule has 2 amide bonds. The van der Waals surface area contributed by atoms with Crippen LogP contribution in [0.1, 0.15) is 5.56 Å². The number of benzene rings is 2. The molecular weight excluding hydrogens is 362 g/mol. The number of amides is 2. The third kappa shape index (κ3) is 5.37. The van der Waals surface area contributed by atoms with Crippen molar-refractivity contribution in [3.63, 3.8) is 0 Å². The van der Waals surface area contributed by atoms with Crippen molar-refractivity contribution in [2.45, 2.75) is 6.54 Å². The van der Waals surface area contributed by atoms with E-state index in [9.17, 15) is 9.59 Å². The summed E-state index contributed by atoms with van der Waals surface area (Å²) in [7, 11) is 3.30. The topological polar surface area (TPSA) is 89.1 Å². The normalized spacial score (nSPS) is 12.0. The van der Waals surface area contributed by atoms with Gasteiger partial charge in [0.25, 0.3) is 0 Å². The molecule has 1 aliphatic rings. The van der Waals surface area contributed by atoms with Crippen molar-refractivity contribution >= 4 is 17.5 Å². The molecular formula is C20H23N3O5. The highest BCUT2D eigenvalue weighted by Crippen LogP contribution is 2.32. The van der Waals surface area contributed by atoms with Crippen molar-refractivity contribution in [2.75, 3.05) is 39.4 Å². The van der Waals surface area contributed by atoms with Crippen LogP contribution in [0.4, 0.5) is 5.69 Å². The zero-order chi connectivity index (χ0) is 19.9. The zero-order valence-corrected chi connectivity index (χ0v) is 15.9. The molecule has 1 heterocycles. The number of likely N-dealkylation sites (N-methyl/N-ethyl adjacent to an activating group) is 1. The second-order valence-corrected chi connectivity index (χ2v) is 6.41. The average molecular weight is 385 g/mol. The highest BCUT2D eigenvalue weighted by atomic mass is 16.7. The van der Waals surface area contributed by atoms with E-state index in [-0.39, 0.29) is 31.7 Å². The number of carbonyl (C=O) groups is 2. The summed E-state index contributed by atoms with van der Waals surface area (Å²) in [5.41, 5.74) is 1.59. The number of carbonyl (C=O) groups excluding carboxylic acids is 2. The summed E-state index contributed by atoms with van der Waals surface area (Å²) in [6, 6.07) is 12.6. The van der Waals surface area contributed by atoms with E-state index in [0.717, 1.165) is 5.56 Å². The minimum atomic E-state index is -0.198. The first-order valence-corrected chi connectivity index (χ1v) is 8.81. The summed E-state index contributed by atoms with van der Waals surface area (Å²) in [5, 5.41) is 5.62. The predicted molar refractivity (Wildman–Crippen MR) is 104 cm³/mol. The lowest BCUT2D eigenvalue weighted by Gasteiger charge is -2.16. The van der Waals surface area contributed by atoms with Crippen LogP contribution in [0, 0.1) is 0 Å². The SMILES string of the molecule is COc1ccc(NC(=O)CN(C)CC(=O)NCc2ccc3c(c2)OCO3)cc1. The third-order valence-corrected chi connectivity index (χ3v) is 4.13. The number of nitrogens with zero attached hydrogens (tertiary/aromatic N) is 1. The van der Waals surface area contributed by atoms with Gasteiger partial charge in [-0.2, -0.15) is 0 Å². The van der Waals surface area contributed by atoms with E-state index in [0.29, 0.717) is 29.5 Å². The summed E-state index contributed by atoms with van der Waals surface area (Å²) in [5.74, 6) is 1.74. The fraction of sp³-hybridized carbons (Fsp3) is 0.300. The lowest BCUT2D eigenvalue weighted by molar-refractivity contribution is -0.123. The van der Waals surface area contributed by atoms with Gasteiger partial charge in [-0.25, -0.2) is 0 Å². The van der Waals surface area contributed by atoms with Gasteiger partial charge < -0.3 is 24.8 Å². The summed E-state index contributed by atoms with van der Waals surface area (Å²) in [6.45, 7) is 0.806. The monoisotopic (exact) mass is 385 g/mol. The van der Waals surface area contributed by atoms with Crippen LogP contribution in [-0.2, 0) is 16.1 Å². The Morgan fingerprint density at radius 2 is 1.75 bits per heavy atom. The highest BCUT2D eigenvalue weighted by molar-refractivity contribution is 5.92. The van der Waals surface area contributed by atoms with Crippen molar-refractivity contribution in [1.29, 1.82) is 0 Å². The minimum Gasteiger partial charge on any atom is -0.497 e. The first-order chi connectivity index (χ1) is 13.5. The van der Waals surface area contributed by atoms with Crippen LogP contribution in [0.3, 0.4) is 0 Å². The van der Waals surface area contributed by atoms with Crippen LogP contribution in [0.5, 0.6) is 17.2 Å². The highest BCUT2D eigenvalue weighted by Gasteiger charge is 2.14. The van der Waals surface area contributed by atoms with E-state index in [1.165, 1.54) is 0 Å². The molecule has 3 rings (SSSR count). The van der Waals surface area contributed by atoms with Crippen LogP contribution in [0.15, 0.2) is 42.5 Å². The van der Waals surface area contributed by atoms with Crippen LogP contribution >= 0.6 is 0 Å². The van der Waals surface area contributed by atoms with Crippen LogP contribution < -0.4 is 24.8 Å². The molecule has 0 fully saturated rings. The molecule has 2 aromatic rings. The second-order valence-electron chi connectivity index (χ2n) is 6.41. The Bertz CT molecular complexity index is 838. The van der Waals surface area contributed by atoms with Gasteiger partial charge in [0.2, 0.25) is 18.6 Å². The third-order valence-electron chi connectivity index (χ3n) is 4.13. The van der Waals surface area contributed by atoms with Crippen molar-refractivity contribution in [3.8, 4) is 17.2 Å². The number of fused-ring (bicyclic) bond motifs is 1. The predicted octanol–water partition coefficient (Wildman–Crippen LogP) is 1.61. The summed E-state index contributed by atoms with van der Waals surface area (Å²) < 4.78 is 15.7. The molecule has 0 aromatic heterocycles. The zero-order valence-electron chi connectivity index (χ0n) is 15.9. The second kappa shape index (κ2) is 9.09. The Hall–Kier alpha value is -3.26. The number of ether oxygens (including phenoxy) is 3. The molecule has 0 saturated heterocycles. The molecule has 28 heavy (non-hydrogen) atoms. The van der Waals surface area contributed by atoms with E-state index >= 15 is 0 Å². The molecule has 0 bridgehead atoms. The first kappa shape index (κ1) is 19.5. The molecule has 0 unspecified atom stereocenters. The smallest absolute Gasteiger partial charge is 0.238 e. The van der Waals surface area contributed by atoms with E-state index in [1.807, 2.05) is 18.2 Å². The molecule has 0 saturated carbocycles. The van der Waals surface area contributed by atoms with Gasteiger partial charge in [0.05, 0.1) is 20.2 Å². The van der Waals surface area contributed by atoms with Gasteiger partial charge in [-0.15, -0.1) is 0 Å². The lowest BCUT2D eigenvalue weighted by atomic mass is 10.2. The maximum atomic E-state index is 12.1. The van der Waals surface area contributed by atoms with Gasteiger partial charge in [-0.1, -0.05) is 6.07 Å². The van der Waals surface area contributed by atoms with Crippen LogP contribution in [0.2, 0.25) is 0 Å². The van der Waals surface area contributed by atoms with Crippen LogP contribution in [0.25, 0.3) is 0 Å². The minimum absolute atomic E-state index is 0.101. The molecule has 148 valence electrons. The number of methoxy groups -OCH3 is 1. The molecule has 0 spiro atoms. The fourth-order valence-electron chi connectivity index (χ4n) is 2.73. The maximum absolute atomic E-state index is 12.1. The largest absolute Gasteiger partial charge is 0.497 e. The standard InChI is InChI=1S/C20H23N3O5/c1-23(12-20(25)22-15-4-6-16(26-2)7-5-15)11-19(24)21-10-14-3-8-17-18(9-14)28-13-27-17/h3-9H,10-13H2,1-2H3,(H,21,24)(H,22,25). The molecule has 0 aliphatic carbocycles. The van der Waals surface area contributed by atoms with Gasteiger partial charge in [0.15, 0.2) is 11.5 Å². The van der Waals surface area contributed by atoms with E-state index in [2.05, 4.69) is 10.6 Å². The molecule has 1 aliphatic heterocycles. The van der Waals surface area contributed by atoms with E-state index in [1.54, 1.807) is 43.3 Å².